The van der Waals surface area contributed by atoms with Gasteiger partial charge in [-0.05, 0) is 31.0 Å². The largest absolute Gasteiger partial charge is 0.494 e. The maximum atomic E-state index is 5.50. The van der Waals surface area contributed by atoms with Crippen LogP contribution in [0.25, 0.3) is 0 Å². The molecule has 0 aliphatic heterocycles. The lowest BCUT2D eigenvalue weighted by atomic mass is 10.1. The Labute approximate surface area is 90.2 Å². The van der Waals surface area contributed by atoms with E-state index in [9.17, 15) is 0 Å². The minimum atomic E-state index is 0.511. The summed E-state index contributed by atoms with van der Waals surface area (Å²) in [5, 5.41) is 3.07. The second-order valence-electron chi connectivity index (χ2n) is 2.96. The highest BCUT2D eigenvalue weighted by Gasteiger charge is 1.94. The van der Waals surface area contributed by atoms with Gasteiger partial charge in [0, 0.05) is 6.54 Å². The summed E-state index contributed by atoms with van der Waals surface area (Å²) in [7, 11) is 0. The second kappa shape index (κ2) is 6.68. The van der Waals surface area contributed by atoms with Crippen LogP contribution in [0.3, 0.4) is 0 Å². The molecule has 3 heteroatoms. The van der Waals surface area contributed by atoms with Gasteiger partial charge in [0.05, 0.1) is 12.6 Å². The molecule has 1 rings (SSSR count). The van der Waals surface area contributed by atoms with Gasteiger partial charge in [0.2, 0.25) is 0 Å². The fourth-order valence-corrected chi connectivity index (χ4v) is 1.35. The van der Waals surface area contributed by atoms with E-state index in [-0.39, 0.29) is 0 Å². The third kappa shape index (κ3) is 3.99. The number of alkyl halides is 1. The Kier molecular flexibility index (Phi) is 5.42. The van der Waals surface area contributed by atoms with Crippen molar-refractivity contribution in [2.24, 2.45) is 0 Å². The normalized spacial score (nSPS) is 10.1. The molecule has 0 radical (unpaired) electrons. The van der Waals surface area contributed by atoms with Gasteiger partial charge >= 0.3 is 0 Å². The van der Waals surface area contributed by atoms with E-state index < -0.39 is 0 Å². The van der Waals surface area contributed by atoms with Gasteiger partial charge < -0.3 is 10.1 Å². The van der Waals surface area contributed by atoms with E-state index in [1.165, 1.54) is 5.56 Å². The van der Waals surface area contributed by atoms with Gasteiger partial charge in [-0.1, -0.05) is 12.1 Å². The summed E-state index contributed by atoms with van der Waals surface area (Å²) in [6, 6.07) is 8.68. The first-order valence-electron chi connectivity index (χ1n) is 4.85. The molecule has 0 aliphatic carbocycles. The topological polar surface area (TPSA) is 21.3 Å². The van der Waals surface area contributed by atoms with Crippen molar-refractivity contribution in [3.63, 3.8) is 0 Å². The van der Waals surface area contributed by atoms with Crippen molar-refractivity contribution >= 4 is 11.6 Å². The Morgan fingerprint density at radius 1 is 1.29 bits per heavy atom. The number of benzene rings is 1. The summed E-state index contributed by atoms with van der Waals surface area (Å²) in [5.41, 5.74) is 1.30. The van der Waals surface area contributed by atoms with E-state index in [4.69, 9.17) is 16.3 Å². The number of rotatable bonds is 6. The number of nitrogens with one attached hydrogen (secondary N) is 1. The lowest BCUT2D eigenvalue weighted by Crippen LogP contribution is -2.14. The number of halogens is 1. The van der Waals surface area contributed by atoms with Crippen LogP contribution < -0.4 is 10.1 Å². The summed E-state index contributed by atoms with van der Waals surface area (Å²) >= 11 is 5.50. The second-order valence-corrected chi connectivity index (χ2v) is 3.23. The summed E-state index contributed by atoms with van der Waals surface area (Å²) in [4.78, 5) is 0. The third-order valence-corrected chi connectivity index (χ3v) is 2.11. The van der Waals surface area contributed by atoms with Gasteiger partial charge in [0.15, 0.2) is 0 Å². The van der Waals surface area contributed by atoms with Gasteiger partial charge in [-0.2, -0.15) is 0 Å². The molecule has 0 fully saturated rings. The molecule has 0 aromatic heterocycles. The molecule has 0 unspecified atom stereocenters. The maximum Gasteiger partial charge on any atom is 0.119 e. The van der Waals surface area contributed by atoms with E-state index in [2.05, 4.69) is 17.4 Å². The molecule has 0 heterocycles. The molecule has 1 aromatic rings. The summed E-state index contributed by atoms with van der Waals surface area (Å²) < 4.78 is 5.35. The molecule has 0 bridgehead atoms. The van der Waals surface area contributed by atoms with Gasteiger partial charge in [-0.15, -0.1) is 11.6 Å². The van der Waals surface area contributed by atoms with Crippen LogP contribution in [-0.2, 0) is 6.42 Å². The summed E-state index contributed by atoms with van der Waals surface area (Å²) in [6.45, 7) is 3.61. The first-order valence-corrected chi connectivity index (χ1v) is 5.38. The molecule has 0 saturated carbocycles. The van der Waals surface area contributed by atoms with Crippen LogP contribution in [0.1, 0.15) is 12.5 Å². The zero-order chi connectivity index (χ0) is 10.2. The Morgan fingerprint density at radius 2 is 2.00 bits per heavy atom. The molecule has 0 atom stereocenters. The first kappa shape index (κ1) is 11.3. The van der Waals surface area contributed by atoms with E-state index >= 15 is 0 Å². The minimum Gasteiger partial charge on any atom is -0.494 e. The fraction of sp³-hybridized carbons (Fsp3) is 0.455. The maximum absolute atomic E-state index is 5.50. The summed E-state index contributed by atoms with van der Waals surface area (Å²) in [5.74, 6) is 0.932. The molecule has 0 amide bonds. The third-order valence-electron chi connectivity index (χ3n) is 1.92. The Balaban J connectivity index is 2.38. The quantitative estimate of drug-likeness (QED) is 0.445. The molecule has 78 valence electrons. The number of hydrogen-bond acceptors (Lipinski definition) is 2. The standard InChI is InChI=1S/C11H16ClNO/c1-2-14-11-5-3-10(4-6-11)7-8-13-9-12/h3-6,13H,2,7-9H2,1H3. The van der Waals surface area contributed by atoms with Crippen molar-refractivity contribution in [3.8, 4) is 5.75 Å². The lowest BCUT2D eigenvalue weighted by molar-refractivity contribution is 0.340. The van der Waals surface area contributed by atoms with E-state index in [1.54, 1.807) is 0 Å². The van der Waals surface area contributed by atoms with Gasteiger partial charge in [-0.3, -0.25) is 0 Å². The molecule has 14 heavy (non-hydrogen) atoms. The molecule has 2 nitrogen and oxygen atoms in total. The summed E-state index contributed by atoms with van der Waals surface area (Å²) in [6.07, 6.45) is 0.999. The zero-order valence-corrected chi connectivity index (χ0v) is 9.18. The van der Waals surface area contributed by atoms with Crippen molar-refractivity contribution in [3.05, 3.63) is 29.8 Å². The lowest BCUT2D eigenvalue weighted by Gasteiger charge is -2.04. The molecular formula is C11H16ClNO. The van der Waals surface area contributed by atoms with Crippen LogP contribution >= 0.6 is 11.6 Å². The van der Waals surface area contributed by atoms with E-state index in [1.807, 2.05) is 19.1 Å². The van der Waals surface area contributed by atoms with Crippen molar-refractivity contribution in [2.45, 2.75) is 13.3 Å². The molecule has 0 saturated heterocycles. The van der Waals surface area contributed by atoms with Gasteiger partial charge in [0.25, 0.3) is 0 Å². The molecule has 1 aromatic carbocycles. The van der Waals surface area contributed by atoms with Crippen LogP contribution in [0, 0.1) is 0 Å². The van der Waals surface area contributed by atoms with Crippen molar-refractivity contribution in [2.75, 3.05) is 19.2 Å². The first-order chi connectivity index (χ1) is 6.86. The van der Waals surface area contributed by atoms with Crippen molar-refractivity contribution in [1.29, 1.82) is 0 Å². The van der Waals surface area contributed by atoms with E-state index in [0.717, 1.165) is 18.7 Å². The van der Waals surface area contributed by atoms with Crippen molar-refractivity contribution in [1.82, 2.24) is 5.32 Å². The predicted molar refractivity (Wildman–Crippen MR) is 60.0 cm³/mol. The monoisotopic (exact) mass is 213 g/mol. The highest BCUT2D eigenvalue weighted by molar-refractivity contribution is 6.17. The number of hydrogen-bond donors (Lipinski definition) is 1. The fourth-order valence-electron chi connectivity index (χ4n) is 1.22. The number of ether oxygens (including phenoxy) is 1. The SMILES string of the molecule is CCOc1ccc(CCNCCl)cc1. The van der Waals surface area contributed by atoms with Gasteiger partial charge in [0.1, 0.15) is 5.75 Å². The van der Waals surface area contributed by atoms with Crippen LogP contribution in [0.2, 0.25) is 0 Å². The predicted octanol–water partition coefficient (Wildman–Crippen LogP) is 2.41. The van der Waals surface area contributed by atoms with Crippen LogP contribution in [-0.4, -0.2) is 19.2 Å². The molecule has 0 aliphatic rings. The van der Waals surface area contributed by atoms with Crippen molar-refractivity contribution < 1.29 is 4.74 Å². The Bertz CT molecular complexity index is 248. The Hall–Kier alpha value is -0.730. The molecule has 0 spiro atoms. The molecular weight excluding hydrogens is 198 g/mol. The average molecular weight is 214 g/mol. The molecule has 1 N–H and O–H groups in total. The highest BCUT2D eigenvalue weighted by atomic mass is 35.5. The zero-order valence-electron chi connectivity index (χ0n) is 8.42. The average Bonchev–Trinajstić information content (AvgIpc) is 2.21. The minimum absolute atomic E-state index is 0.511. The van der Waals surface area contributed by atoms with Crippen LogP contribution in [0.15, 0.2) is 24.3 Å². The highest BCUT2D eigenvalue weighted by Crippen LogP contribution is 2.11. The van der Waals surface area contributed by atoms with E-state index in [0.29, 0.717) is 12.6 Å². The van der Waals surface area contributed by atoms with Crippen LogP contribution in [0.4, 0.5) is 0 Å². The van der Waals surface area contributed by atoms with Gasteiger partial charge in [-0.25, -0.2) is 0 Å². The smallest absolute Gasteiger partial charge is 0.119 e. The Morgan fingerprint density at radius 3 is 2.57 bits per heavy atom. The van der Waals surface area contributed by atoms with Crippen LogP contribution in [0.5, 0.6) is 5.75 Å².